The average molecular weight is 352 g/mol. The van der Waals surface area contributed by atoms with Gasteiger partial charge in [0.15, 0.2) is 0 Å². The summed E-state index contributed by atoms with van der Waals surface area (Å²) >= 11 is 5.58. The molecule has 108 valence electrons. The fourth-order valence-corrected chi connectivity index (χ4v) is 3.85. The van der Waals surface area contributed by atoms with Crippen LogP contribution in [-0.2, 0) is 12.8 Å². The van der Waals surface area contributed by atoms with E-state index in [-0.39, 0.29) is 0 Å². The molecule has 1 aromatic carbocycles. The Morgan fingerprint density at radius 3 is 2.55 bits per heavy atom. The smallest absolute Gasteiger partial charge is 0.0371 e. The predicted octanol–water partition coefficient (Wildman–Crippen LogP) is 5.27. The van der Waals surface area contributed by atoms with Gasteiger partial charge in [0.25, 0.3) is 0 Å². The maximum Gasteiger partial charge on any atom is 0.0371 e. The topological polar surface area (TPSA) is 12.0 Å². The standard InChI is InChI=1S/C17H22BrNS/c1-4-13-9-10-14(20-13)11-17(19-5-2)15-7-6-8-16(18)12(15)3/h6-10,17,19H,4-5,11H2,1-3H3. The fourth-order valence-electron chi connectivity index (χ4n) is 2.46. The number of halogens is 1. The van der Waals surface area contributed by atoms with Crippen molar-refractivity contribution in [3.63, 3.8) is 0 Å². The van der Waals surface area contributed by atoms with Gasteiger partial charge in [-0.1, -0.05) is 41.9 Å². The Balaban J connectivity index is 2.24. The molecule has 0 aliphatic rings. The fraction of sp³-hybridized carbons (Fsp3) is 0.412. The maximum absolute atomic E-state index is 3.64. The van der Waals surface area contributed by atoms with Gasteiger partial charge in [0.1, 0.15) is 0 Å². The Labute approximate surface area is 134 Å². The minimum atomic E-state index is 0.390. The second kappa shape index (κ2) is 7.39. The quantitative estimate of drug-likeness (QED) is 0.746. The van der Waals surface area contributed by atoms with E-state index in [0.717, 1.165) is 19.4 Å². The molecule has 3 heteroatoms. The minimum absolute atomic E-state index is 0.390. The van der Waals surface area contributed by atoms with Crippen molar-refractivity contribution in [2.24, 2.45) is 0 Å². The highest BCUT2D eigenvalue weighted by Crippen LogP contribution is 2.29. The maximum atomic E-state index is 3.64. The molecule has 0 spiro atoms. The van der Waals surface area contributed by atoms with Crippen molar-refractivity contribution >= 4 is 27.3 Å². The molecule has 0 aliphatic carbocycles. The van der Waals surface area contributed by atoms with Crippen LogP contribution in [0.25, 0.3) is 0 Å². The highest BCUT2D eigenvalue weighted by atomic mass is 79.9. The zero-order valence-electron chi connectivity index (χ0n) is 12.4. The largest absolute Gasteiger partial charge is 0.310 e. The summed E-state index contributed by atoms with van der Waals surface area (Å²) in [5.41, 5.74) is 2.73. The first kappa shape index (κ1) is 15.7. The second-order valence-corrected chi connectivity index (χ2v) is 7.10. The Hall–Kier alpha value is -0.640. The van der Waals surface area contributed by atoms with Crippen LogP contribution in [0.5, 0.6) is 0 Å². The third kappa shape index (κ3) is 3.72. The van der Waals surface area contributed by atoms with Crippen molar-refractivity contribution in [2.75, 3.05) is 6.54 Å². The van der Waals surface area contributed by atoms with Gasteiger partial charge in [-0.05, 0) is 49.2 Å². The summed E-state index contributed by atoms with van der Waals surface area (Å²) in [6, 6.07) is 11.4. The van der Waals surface area contributed by atoms with Crippen molar-refractivity contribution in [1.82, 2.24) is 5.32 Å². The summed E-state index contributed by atoms with van der Waals surface area (Å²) in [7, 11) is 0. The van der Waals surface area contributed by atoms with Gasteiger partial charge in [-0.3, -0.25) is 0 Å². The third-order valence-corrected chi connectivity index (χ3v) is 5.72. The number of benzene rings is 1. The van der Waals surface area contributed by atoms with Crippen molar-refractivity contribution in [3.8, 4) is 0 Å². The molecule has 0 saturated carbocycles. The van der Waals surface area contributed by atoms with Crippen LogP contribution in [-0.4, -0.2) is 6.54 Å². The van der Waals surface area contributed by atoms with Crippen LogP contribution >= 0.6 is 27.3 Å². The van der Waals surface area contributed by atoms with Crippen molar-refractivity contribution in [3.05, 3.63) is 55.7 Å². The van der Waals surface area contributed by atoms with E-state index in [1.807, 2.05) is 11.3 Å². The molecular weight excluding hydrogens is 330 g/mol. The molecule has 1 unspecified atom stereocenters. The molecule has 0 saturated heterocycles. The average Bonchev–Trinajstić information content (AvgIpc) is 2.89. The van der Waals surface area contributed by atoms with Crippen LogP contribution in [0.4, 0.5) is 0 Å². The van der Waals surface area contributed by atoms with Gasteiger partial charge in [-0.15, -0.1) is 11.3 Å². The van der Waals surface area contributed by atoms with E-state index in [0.29, 0.717) is 6.04 Å². The first-order valence-electron chi connectivity index (χ1n) is 7.21. The Bertz CT molecular complexity index is 562. The Morgan fingerprint density at radius 2 is 1.90 bits per heavy atom. The molecule has 20 heavy (non-hydrogen) atoms. The molecular formula is C17H22BrNS. The van der Waals surface area contributed by atoms with Crippen LogP contribution in [0, 0.1) is 6.92 Å². The minimum Gasteiger partial charge on any atom is -0.310 e. The van der Waals surface area contributed by atoms with E-state index in [2.05, 4.69) is 72.3 Å². The summed E-state index contributed by atoms with van der Waals surface area (Å²) < 4.78 is 1.19. The zero-order valence-corrected chi connectivity index (χ0v) is 14.8. The van der Waals surface area contributed by atoms with Crippen LogP contribution < -0.4 is 5.32 Å². The summed E-state index contributed by atoms with van der Waals surface area (Å²) in [6.45, 7) is 7.57. The molecule has 0 bridgehead atoms. The zero-order chi connectivity index (χ0) is 14.5. The van der Waals surface area contributed by atoms with Gasteiger partial charge < -0.3 is 5.32 Å². The summed E-state index contributed by atoms with van der Waals surface area (Å²) in [5.74, 6) is 0. The van der Waals surface area contributed by atoms with Gasteiger partial charge in [0.05, 0.1) is 0 Å². The third-order valence-electron chi connectivity index (χ3n) is 3.61. The SMILES string of the molecule is CCNC(Cc1ccc(CC)s1)c1cccc(Br)c1C. The van der Waals surface area contributed by atoms with E-state index >= 15 is 0 Å². The number of thiophene rings is 1. The Kier molecular flexibility index (Phi) is 5.82. The molecule has 1 aromatic heterocycles. The predicted molar refractivity (Wildman–Crippen MR) is 92.7 cm³/mol. The molecule has 0 aliphatic heterocycles. The second-order valence-electron chi connectivity index (χ2n) is 4.99. The molecule has 1 atom stereocenters. The molecule has 1 heterocycles. The molecule has 0 amide bonds. The number of nitrogens with one attached hydrogen (secondary N) is 1. The molecule has 0 fully saturated rings. The lowest BCUT2D eigenvalue weighted by Crippen LogP contribution is -2.23. The molecule has 1 nitrogen and oxygen atoms in total. The number of likely N-dealkylation sites (N-methyl/N-ethyl adjacent to an activating group) is 1. The van der Waals surface area contributed by atoms with E-state index in [4.69, 9.17) is 0 Å². The van der Waals surface area contributed by atoms with Crippen LogP contribution in [0.2, 0.25) is 0 Å². The normalized spacial score (nSPS) is 12.6. The van der Waals surface area contributed by atoms with Crippen molar-refractivity contribution < 1.29 is 0 Å². The first-order chi connectivity index (χ1) is 9.65. The highest BCUT2D eigenvalue weighted by molar-refractivity contribution is 9.10. The van der Waals surface area contributed by atoms with E-state index in [9.17, 15) is 0 Å². The lowest BCUT2D eigenvalue weighted by Gasteiger charge is -2.20. The number of rotatable bonds is 6. The molecule has 2 rings (SSSR count). The van der Waals surface area contributed by atoms with Crippen LogP contribution in [0.1, 0.15) is 40.8 Å². The summed E-state index contributed by atoms with van der Waals surface area (Å²) in [6.07, 6.45) is 2.20. The van der Waals surface area contributed by atoms with E-state index in [1.54, 1.807) is 0 Å². The Morgan fingerprint density at radius 1 is 1.15 bits per heavy atom. The van der Waals surface area contributed by atoms with Gasteiger partial charge in [0.2, 0.25) is 0 Å². The summed E-state index contributed by atoms with van der Waals surface area (Å²) in [5, 5.41) is 3.63. The van der Waals surface area contributed by atoms with Crippen molar-refractivity contribution in [1.29, 1.82) is 0 Å². The molecule has 2 aromatic rings. The lowest BCUT2D eigenvalue weighted by molar-refractivity contribution is 0.550. The number of hydrogen-bond acceptors (Lipinski definition) is 2. The lowest BCUT2D eigenvalue weighted by atomic mass is 9.98. The number of hydrogen-bond donors (Lipinski definition) is 1. The molecule has 1 N–H and O–H groups in total. The van der Waals surface area contributed by atoms with Gasteiger partial charge in [0, 0.05) is 26.7 Å². The summed E-state index contributed by atoms with van der Waals surface area (Å²) in [4.78, 5) is 2.94. The van der Waals surface area contributed by atoms with E-state index in [1.165, 1.54) is 25.4 Å². The molecule has 0 radical (unpaired) electrons. The monoisotopic (exact) mass is 351 g/mol. The van der Waals surface area contributed by atoms with Crippen molar-refractivity contribution in [2.45, 2.75) is 39.7 Å². The highest BCUT2D eigenvalue weighted by Gasteiger charge is 2.15. The van der Waals surface area contributed by atoms with Gasteiger partial charge >= 0.3 is 0 Å². The first-order valence-corrected chi connectivity index (χ1v) is 8.82. The number of aryl methyl sites for hydroxylation is 1. The van der Waals surface area contributed by atoms with Gasteiger partial charge in [-0.25, -0.2) is 0 Å². The van der Waals surface area contributed by atoms with Gasteiger partial charge in [-0.2, -0.15) is 0 Å². The van der Waals surface area contributed by atoms with E-state index < -0.39 is 0 Å². The van der Waals surface area contributed by atoms with Crippen LogP contribution in [0.3, 0.4) is 0 Å². The van der Waals surface area contributed by atoms with Crippen LogP contribution in [0.15, 0.2) is 34.8 Å².